The van der Waals surface area contributed by atoms with E-state index in [1.807, 2.05) is 13.0 Å². The molecule has 0 atom stereocenters. The molecule has 0 aliphatic heterocycles. The third kappa shape index (κ3) is 3.09. The molecule has 0 aliphatic rings. The topological polar surface area (TPSA) is 37.8 Å². The maximum atomic E-state index is 4.58. The molecule has 2 rings (SSSR count). The Bertz CT molecular complexity index is 558. The molecule has 0 aromatic carbocycles. The number of aromatic nitrogens is 2. The van der Waals surface area contributed by atoms with E-state index in [2.05, 4.69) is 57.4 Å². The van der Waals surface area contributed by atoms with Crippen molar-refractivity contribution in [2.45, 2.75) is 33.1 Å². The van der Waals surface area contributed by atoms with Gasteiger partial charge >= 0.3 is 0 Å². The molecule has 0 radical (unpaired) electrons. The molecular weight excluding hydrogens is 310 g/mol. The van der Waals surface area contributed by atoms with Crippen LogP contribution in [0.1, 0.15) is 32.0 Å². The molecule has 0 spiro atoms. The van der Waals surface area contributed by atoms with E-state index in [4.69, 9.17) is 0 Å². The lowest BCUT2D eigenvalue weighted by Crippen LogP contribution is -2.11. The second kappa shape index (κ2) is 4.97. The minimum absolute atomic E-state index is 0.0828. The van der Waals surface area contributed by atoms with Crippen LogP contribution in [0.4, 0.5) is 10.9 Å². The Labute approximate surface area is 120 Å². The number of nitrogens with one attached hydrogen (secondary N) is 1. The third-order valence-electron chi connectivity index (χ3n) is 2.55. The lowest BCUT2D eigenvalue weighted by molar-refractivity contribution is 0.573. The SMILES string of the molecule is Cc1cc(Nc2nc(C(C)(C)C)cs2)ncc1Br. The average Bonchev–Trinajstić information content (AvgIpc) is 2.72. The van der Waals surface area contributed by atoms with Crippen LogP contribution in [0.2, 0.25) is 0 Å². The quantitative estimate of drug-likeness (QED) is 0.873. The van der Waals surface area contributed by atoms with Gasteiger partial charge in [0.1, 0.15) is 5.82 Å². The van der Waals surface area contributed by atoms with E-state index in [1.165, 1.54) is 0 Å². The van der Waals surface area contributed by atoms with Crippen LogP contribution < -0.4 is 5.32 Å². The summed E-state index contributed by atoms with van der Waals surface area (Å²) in [6.07, 6.45) is 1.80. The minimum Gasteiger partial charge on any atom is -0.316 e. The van der Waals surface area contributed by atoms with Gasteiger partial charge in [-0.3, -0.25) is 0 Å². The summed E-state index contributed by atoms with van der Waals surface area (Å²) in [4.78, 5) is 8.90. The summed E-state index contributed by atoms with van der Waals surface area (Å²) in [6.45, 7) is 8.52. The number of pyridine rings is 1. The Morgan fingerprint density at radius 2 is 2.06 bits per heavy atom. The van der Waals surface area contributed by atoms with Crippen molar-refractivity contribution in [2.24, 2.45) is 0 Å². The van der Waals surface area contributed by atoms with E-state index in [1.54, 1.807) is 17.5 Å². The summed E-state index contributed by atoms with van der Waals surface area (Å²) < 4.78 is 1.02. The van der Waals surface area contributed by atoms with Crippen LogP contribution >= 0.6 is 27.3 Å². The molecule has 2 aromatic heterocycles. The average molecular weight is 326 g/mol. The fourth-order valence-electron chi connectivity index (χ4n) is 1.39. The molecule has 0 unspecified atom stereocenters. The normalized spacial score (nSPS) is 11.6. The van der Waals surface area contributed by atoms with Crippen molar-refractivity contribution >= 4 is 38.2 Å². The van der Waals surface area contributed by atoms with Crippen LogP contribution in [0.25, 0.3) is 0 Å². The first-order chi connectivity index (χ1) is 8.36. The second-order valence-electron chi connectivity index (χ2n) is 5.23. The number of aryl methyl sites for hydroxylation is 1. The molecule has 96 valence electrons. The Balaban J connectivity index is 2.19. The second-order valence-corrected chi connectivity index (χ2v) is 6.94. The van der Waals surface area contributed by atoms with Gasteiger partial charge in [0.25, 0.3) is 0 Å². The Hall–Kier alpha value is -0.940. The number of nitrogens with zero attached hydrogens (tertiary/aromatic N) is 2. The highest BCUT2D eigenvalue weighted by molar-refractivity contribution is 9.10. The Morgan fingerprint density at radius 3 is 2.61 bits per heavy atom. The molecule has 2 aromatic rings. The van der Waals surface area contributed by atoms with Crippen molar-refractivity contribution in [1.29, 1.82) is 0 Å². The van der Waals surface area contributed by atoms with Crippen molar-refractivity contribution < 1.29 is 0 Å². The Kier molecular flexibility index (Phi) is 3.73. The van der Waals surface area contributed by atoms with E-state index in [0.717, 1.165) is 26.7 Å². The molecule has 1 N–H and O–H groups in total. The van der Waals surface area contributed by atoms with E-state index in [0.29, 0.717) is 0 Å². The van der Waals surface area contributed by atoms with Crippen LogP contribution in [0.15, 0.2) is 22.1 Å². The zero-order valence-corrected chi connectivity index (χ0v) is 13.3. The van der Waals surface area contributed by atoms with Gasteiger partial charge in [0, 0.05) is 21.5 Å². The summed E-state index contributed by atoms with van der Waals surface area (Å²) in [7, 11) is 0. The number of halogens is 1. The third-order valence-corrected chi connectivity index (χ3v) is 4.14. The van der Waals surface area contributed by atoms with E-state index in [-0.39, 0.29) is 5.41 Å². The lowest BCUT2D eigenvalue weighted by Gasteiger charge is -2.14. The van der Waals surface area contributed by atoms with E-state index < -0.39 is 0 Å². The zero-order valence-electron chi connectivity index (χ0n) is 10.9. The van der Waals surface area contributed by atoms with Crippen molar-refractivity contribution in [3.05, 3.63) is 33.4 Å². The van der Waals surface area contributed by atoms with Gasteiger partial charge in [-0.2, -0.15) is 0 Å². The molecule has 0 amide bonds. The molecule has 5 heteroatoms. The van der Waals surface area contributed by atoms with Gasteiger partial charge in [-0.1, -0.05) is 20.8 Å². The van der Waals surface area contributed by atoms with Crippen molar-refractivity contribution in [2.75, 3.05) is 5.32 Å². The zero-order chi connectivity index (χ0) is 13.3. The molecular formula is C13H16BrN3S. The number of hydrogen-bond donors (Lipinski definition) is 1. The summed E-state index contributed by atoms with van der Waals surface area (Å²) in [6, 6.07) is 2.00. The monoisotopic (exact) mass is 325 g/mol. The summed E-state index contributed by atoms with van der Waals surface area (Å²) in [5.41, 5.74) is 2.34. The van der Waals surface area contributed by atoms with Crippen LogP contribution in [0.3, 0.4) is 0 Å². The molecule has 0 fully saturated rings. The smallest absolute Gasteiger partial charge is 0.188 e. The summed E-state index contributed by atoms with van der Waals surface area (Å²) >= 11 is 5.05. The highest BCUT2D eigenvalue weighted by Crippen LogP contribution is 2.28. The van der Waals surface area contributed by atoms with E-state index >= 15 is 0 Å². The van der Waals surface area contributed by atoms with Crippen molar-refractivity contribution in [3.63, 3.8) is 0 Å². The fourth-order valence-corrected chi connectivity index (χ4v) is 2.55. The molecule has 0 aliphatic carbocycles. The first-order valence-corrected chi connectivity index (χ1v) is 7.39. The van der Waals surface area contributed by atoms with Gasteiger partial charge in [-0.05, 0) is 34.5 Å². The van der Waals surface area contributed by atoms with Crippen LogP contribution in [-0.2, 0) is 5.41 Å². The predicted octanol–water partition coefficient (Wildman–Crippen LogP) is 4.65. The fraction of sp³-hybridized carbons (Fsp3) is 0.385. The number of hydrogen-bond acceptors (Lipinski definition) is 4. The van der Waals surface area contributed by atoms with Gasteiger partial charge in [0.15, 0.2) is 5.13 Å². The lowest BCUT2D eigenvalue weighted by atomic mass is 9.93. The first-order valence-electron chi connectivity index (χ1n) is 5.71. The molecule has 3 nitrogen and oxygen atoms in total. The molecule has 2 heterocycles. The highest BCUT2D eigenvalue weighted by atomic mass is 79.9. The maximum Gasteiger partial charge on any atom is 0.188 e. The molecule has 0 saturated heterocycles. The highest BCUT2D eigenvalue weighted by Gasteiger charge is 2.17. The minimum atomic E-state index is 0.0828. The van der Waals surface area contributed by atoms with Crippen LogP contribution in [-0.4, -0.2) is 9.97 Å². The largest absolute Gasteiger partial charge is 0.316 e. The van der Waals surface area contributed by atoms with Gasteiger partial charge in [-0.25, -0.2) is 9.97 Å². The number of thiazole rings is 1. The van der Waals surface area contributed by atoms with Gasteiger partial charge in [-0.15, -0.1) is 11.3 Å². The molecule has 0 bridgehead atoms. The molecule has 18 heavy (non-hydrogen) atoms. The summed E-state index contributed by atoms with van der Waals surface area (Å²) in [5, 5.41) is 6.21. The maximum absolute atomic E-state index is 4.58. The van der Waals surface area contributed by atoms with Crippen LogP contribution in [0, 0.1) is 6.92 Å². The van der Waals surface area contributed by atoms with E-state index in [9.17, 15) is 0 Å². The molecule has 0 saturated carbocycles. The number of anilines is 2. The van der Waals surface area contributed by atoms with Gasteiger partial charge in [0.05, 0.1) is 5.69 Å². The standard InChI is InChI=1S/C13H16BrN3S/c1-8-5-11(15-6-9(8)14)17-12-16-10(7-18-12)13(2,3)4/h5-7H,1-4H3,(H,15,16,17). The van der Waals surface area contributed by atoms with Gasteiger partial charge < -0.3 is 5.32 Å². The Morgan fingerprint density at radius 1 is 1.33 bits per heavy atom. The number of rotatable bonds is 2. The van der Waals surface area contributed by atoms with Crippen molar-refractivity contribution in [1.82, 2.24) is 9.97 Å². The predicted molar refractivity (Wildman–Crippen MR) is 80.8 cm³/mol. The summed E-state index contributed by atoms with van der Waals surface area (Å²) in [5.74, 6) is 0.825. The van der Waals surface area contributed by atoms with Crippen LogP contribution in [0.5, 0.6) is 0 Å². The van der Waals surface area contributed by atoms with Crippen molar-refractivity contribution in [3.8, 4) is 0 Å². The van der Waals surface area contributed by atoms with Gasteiger partial charge in [0.2, 0.25) is 0 Å². The first kappa shape index (κ1) is 13.5.